The molecular weight excluding hydrogens is 402 g/mol. The Kier molecular flexibility index (Phi) is 5.15. The summed E-state index contributed by atoms with van der Waals surface area (Å²) in [6.07, 6.45) is 2.40. The molecule has 0 aliphatic carbocycles. The zero-order valence-corrected chi connectivity index (χ0v) is 15.6. The van der Waals surface area contributed by atoms with Crippen LogP contribution in [0.2, 0.25) is 0 Å². The Bertz CT molecular complexity index is 1110. The van der Waals surface area contributed by atoms with Crippen LogP contribution in [0.3, 0.4) is 0 Å². The molecule has 2 heterocycles. The molecule has 0 aliphatic heterocycles. The molecule has 2 aromatic heterocycles. The second-order valence-electron chi connectivity index (χ2n) is 5.86. The molecule has 1 aromatic carbocycles. The first kappa shape index (κ1) is 19.9. The molecule has 0 atom stereocenters. The van der Waals surface area contributed by atoms with E-state index in [2.05, 4.69) is 14.9 Å². The number of nitrogens with zero attached hydrogens (tertiary/aromatic N) is 4. The Balaban J connectivity index is 1.84. The topological polar surface area (TPSA) is 81.8 Å². The number of hydrogen-bond donors (Lipinski definition) is 1. The van der Waals surface area contributed by atoms with E-state index in [4.69, 9.17) is 0 Å². The van der Waals surface area contributed by atoms with E-state index in [0.29, 0.717) is 12.2 Å². The number of nitrogens with one attached hydrogen (secondary N) is 1. The Labute approximate surface area is 157 Å². The van der Waals surface area contributed by atoms with Crippen LogP contribution in [0, 0.1) is 30.2 Å². The Morgan fingerprint density at radius 2 is 1.79 bits per heavy atom. The molecule has 0 aliphatic rings. The minimum atomic E-state index is -4.00. The lowest BCUT2D eigenvalue weighted by atomic mass is 10.2. The zero-order valence-electron chi connectivity index (χ0n) is 14.7. The third kappa shape index (κ3) is 3.59. The molecule has 0 spiro atoms. The molecule has 28 heavy (non-hydrogen) atoms. The monoisotopic (exact) mass is 417 g/mol. The summed E-state index contributed by atoms with van der Waals surface area (Å²) >= 11 is 0. The number of rotatable bonds is 6. The van der Waals surface area contributed by atoms with Gasteiger partial charge in [0.15, 0.2) is 29.1 Å². The van der Waals surface area contributed by atoms with Crippen LogP contribution in [0.5, 0.6) is 0 Å². The van der Waals surface area contributed by atoms with E-state index < -0.39 is 45.4 Å². The maximum absolute atomic E-state index is 13.8. The van der Waals surface area contributed by atoms with Gasteiger partial charge in [0.2, 0.25) is 0 Å². The minimum absolute atomic E-state index is 0.0480. The van der Waals surface area contributed by atoms with Crippen LogP contribution >= 0.6 is 0 Å². The highest BCUT2D eigenvalue weighted by molar-refractivity contribution is 7.92. The molecule has 0 amide bonds. The van der Waals surface area contributed by atoms with Gasteiger partial charge in [-0.1, -0.05) is 0 Å². The van der Waals surface area contributed by atoms with Gasteiger partial charge < -0.3 is 0 Å². The fourth-order valence-electron chi connectivity index (χ4n) is 2.63. The highest BCUT2D eigenvalue weighted by Crippen LogP contribution is 2.21. The van der Waals surface area contributed by atoms with Crippen molar-refractivity contribution < 1.29 is 26.0 Å². The second kappa shape index (κ2) is 7.26. The molecule has 0 radical (unpaired) electrons. The molecule has 0 bridgehead atoms. The summed E-state index contributed by atoms with van der Waals surface area (Å²) in [6, 6.07) is 1.35. The largest absolute Gasteiger partial charge is 0.269 e. The van der Waals surface area contributed by atoms with Crippen LogP contribution in [0.25, 0.3) is 0 Å². The summed E-state index contributed by atoms with van der Waals surface area (Å²) in [4.78, 5) is -0.0480. The summed E-state index contributed by atoms with van der Waals surface area (Å²) in [6.45, 7) is 3.24. The molecular formula is C16H15F4N5O2S. The molecule has 0 saturated heterocycles. The molecule has 7 nitrogen and oxygen atoms in total. The van der Waals surface area contributed by atoms with Crippen LogP contribution in [0.15, 0.2) is 29.4 Å². The van der Waals surface area contributed by atoms with Crippen molar-refractivity contribution in [3.8, 4) is 0 Å². The van der Waals surface area contributed by atoms with Gasteiger partial charge in [-0.15, -0.1) is 0 Å². The van der Waals surface area contributed by atoms with Crippen molar-refractivity contribution in [3.05, 3.63) is 59.1 Å². The predicted molar refractivity (Wildman–Crippen MR) is 91.0 cm³/mol. The van der Waals surface area contributed by atoms with E-state index in [9.17, 15) is 26.0 Å². The summed E-state index contributed by atoms with van der Waals surface area (Å²) < 4.78 is 83.8. The fraction of sp³-hybridized carbons (Fsp3) is 0.250. The molecule has 0 saturated carbocycles. The van der Waals surface area contributed by atoms with Crippen molar-refractivity contribution in [2.24, 2.45) is 0 Å². The molecule has 12 heteroatoms. The lowest BCUT2D eigenvalue weighted by molar-refractivity contribution is 0.431. The highest BCUT2D eigenvalue weighted by atomic mass is 32.2. The van der Waals surface area contributed by atoms with Gasteiger partial charge in [-0.3, -0.25) is 14.1 Å². The molecule has 0 unspecified atom stereocenters. The van der Waals surface area contributed by atoms with Gasteiger partial charge in [0.25, 0.3) is 10.0 Å². The van der Waals surface area contributed by atoms with Gasteiger partial charge in [0.05, 0.1) is 24.0 Å². The SMILES string of the molecule is CCn1ncc(S(=O)(=O)Nc2ccn(Cc3c(F)c(F)cc(F)c3F)n2)c1C. The van der Waals surface area contributed by atoms with E-state index in [0.717, 1.165) is 4.68 Å². The highest BCUT2D eigenvalue weighted by Gasteiger charge is 2.23. The van der Waals surface area contributed by atoms with Crippen molar-refractivity contribution in [2.45, 2.75) is 31.8 Å². The average molecular weight is 417 g/mol. The molecule has 0 fully saturated rings. The smallest absolute Gasteiger partial charge is 0.266 e. The Hall–Kier alpha value is -2.89. The van der Waals surface area contributed by atoms with Crippen LogP contribution in [0.4, 0.5) is 23.4 Å². The fourth-order valence-corrected chi connectivity index (χ4v) is 3.81. The van der Waals surface area contributed by atoms with E-state index >= 15 is 0 Å². The van der Waals surface area contributed by atoms with Crippen LogP contribution in [-0.4, -0.2) is 28.0 Å². The number of aryl methyl sites for hydroxylation is 1. The van der Waals surface area contributed by atoms with E-state index in [-0.39, 0.29) is 16.8 Å². The van der Waals surface area contributed by atoms with Gasteiger partial charge >= 0.3 is 0 Å². The third-order valence-corrected chi connectivity index (χ3v) is 5.51. The zero-order chi connectivity index (χ0) is 20.6. The minimum Gasteiger partial charge on any atom is -0.269 e. The van der Waals surface area contributed by atoms with Gasteiger partial charge in [-0.2, -0.15) is 10.2 Å². The van der Waals surface area contributed by atoms with E-state index in [1.165, 1.54) is 23.1 Å². The Morgan fingerprint density at radius 3 is 2.36 bits per heavy atom. The number of sulfonamides is 1. The third-order valence-electron chi connectivity index (χ3n) is 4.05. The van der Waals surface area contributed by atoms with Crippen molar-refractivity contribution in [1.29, 1.82) is 0 Å². The van der Waals surface area contributed by atoms with Crippen molar-refractivity contribution in [3.63, 3.8) is 0 Å². The number of halogens is 4. The van der Waals surface area contributed by atoms with Crippen molar-refractivity contribution in [2.75, 3.05) is 4.72 Å². The normalized spacial score (nSPS) is 11.8. The maximum atomic E-state index is 13.8. The first-order chi connectivity index (χ1) is 13.1. The quantitative estimate of drug-likeness (QED) is 0.494. The summed E-state index contributed by atoms with van der Waals surface area (Å²) in [5.74, 6) is -6.30. The summed E-state index contributed by atoms with van der Waals surface area (Å²) in [7, 11) is -4.00. The van der Waals surface area contributed by atoms with Gasteiger partial charge in [-0.25, -0.2) is 26.0 Å². The summed E-state index contributed by atoms with van der Waals surface area (Å²) in [5, 5.41) is 7.79. The lowest BCUT2D eigenvalue weighted by Gasteiger charge is -2.08. The van der Waals surface area contributed by atoms with E-state index in [1.54, 1.807) is 13.8 Å². The van der Waals surface area contributed by atoms with Crippen LogP contribution in [-0.2, 0) is 23.1 Å². The second-order valence-corrected chi connectivity index (χ2v) is 7.51. The lowest BCUT2D eigenvalue weighted by Crippen LogP contribution is -2.15. The average Bonchev–Trinajstić information content (AvgIpc) is 3.22. The van der Waals surface area contributed by atoms with Crippen molar-refractivity contribution >= 4 is 15.8 Å². The summed E-state index contributed by atoms with van der Waals surface area (Å²) in [5.41, 5.74) is -0.441. The number of anilines is 1. The van der Waals surface area contributed by atoms with Crippen molar-refractivity contribution in [1.82, 2.24) is 19.6 Å². The van der Waals surface area contributed by atoms with Crippen LogP contribution in [0.1, 0.15) is 18.2 Å². The van der Waals surface area contributed by atoms with Gasteiger partial charge in [-0.05, 0) is 13.8 Å². The van der Waals surface area contributed by atoms with Crippen LogP contribution < -0.4 is 4.72 Å². The molecule has 150 valence electrons. The first-order valence-corrected chi connectivity index (χ1v) is 9.53. The first-order valence-electron chi connectivity index (χ1n) is 8.04. The van der Waals surface area contributed by atoms with Gasteiger partial charge in [0, 0.05) is 24.9 Å². The molecule has 3 rings (SSSR count). The standard InChI is InChI=1S/C16H15F4N5O2S/c1-3-25-9(2)13(7-21-25)28(26,27)23-14-4-5-24(22-14)8-10-15(19)11(17)6-12(18)16(10)20/h4-7H,3,8H2,1-2H3,(H,22,23). The predicted octanol–water partition coefficient (Wildman–Crippen LogP) is 2.81. The molecule has 1 N–H and O–H groups in total. The Morgan fingerprint density at radius 1 is 1.14 bits per heavy atom. The maximum Gasteiger partial charge on any atom is 0.266 e. The van der Waals surface area contributed by atoms with Gasteiger partial charge in [0.1, 0.15) is 4.90 Å². The number of hydrogen-bond acceptors (Lipinski definition) is 4. The number of aromatic nitrogens is 4. The van der Waals surface area contributed by atoms with E-state index in [1.807, 2.05) is 0 Å². The molecule has 3 aromatic rings. The number of benzene rings is 1.